The summed E-state index contributed by atoms with van der Waals surface area (Å²) in [5.74, 6) is 1.56. The number of anilines is 1. The lowest BCUT2D eigenvalue weighted by Crippen LogP contribution is -2.37. The number of hydrogen-bond donors (Lipinski definition) is 0. The molecule has 0 unspecified atom stereocenters. The van der Waals surface area contributed by atoms with Gasteiger partial charge in [0.25, 0.3) is 0 Å². The predicted octanol–water partition coefficient (Wildman–Crippen LogP) is 3.27. The highest BCUT2D eigenvalue weighted by Crippen LogP contribution is 2.31. The SMILES string of the molecule is CN(C)c1ccc(CN(C[C@H]2CCCO2)C(=O)Cc2ccc3c(c2)OCCO3)cc1. The monoisotopic (exact) mass is 410 g/mol. The Bertz CT molecular complexity index is 860. The van der Waals surface area contributed by atoms with E-state index >= 15 is 0 Å². The zero-order valence-corrected chi connectivity index (χ0v) is 17.8. The molecule has 4 rings (SSSR count). The molecule has 6 nitrogen and oxygen atoms in total. The van der Waals surface area contributed by atoms with Crippen molar-refractivity contribution in [1.82, 2.24) is 4.90 Å². The van der Waals surface area contributed by atoms with E-state index in [9.17, 15) is 4.79 Å². The molecule has 0 aromatic heterocycles. The van der Waals surface area contributed by atoms with Gasteiger partial charge in [-0.3, -0.25) is 4.79 Å². The molecular weight excluding hydrogens is 380 g/mol. The zero-order chi connectivity index (χ0) is 20.9. The van der Waals surface area contributed by atoms with Crippen LogP contribution in [-0.4, -0.2) is 57.4 Å². The molecule has 1 amide bonds. The normalized spacial score (nSPS) is 17.6. The summed E-state index contributed by atoms with van der Waals surface area (Å²) < 4.78 is 17.1. The van der Waals surface area contributed by atoms with Crippen molar-refractivity contribution in [3.63, 3.8) is 0 Å². The first-order chi connectivity index (χ1) is 14.6. The first-order valence-corrected chi connectivity index (χ1v) is 10.6. The molecule has 0 radical (unpaired) electrons. The van der Waals surface area contributed by atoms with Gasteiger partial charge in [-0.1, -0.05) is 18.2 Å². The standard InChI is InChI=1S/C24H30N2O4/c1-25(2)20-8-5-18(6-9-20)16-26(17-21-4-3-11-28-21)24(27)15-19-7-10-22-23(14-19)30-13-12-29-22/h5-10,14,21H,3-4,11-13,15-17H2,1-2H3/t21-/m1/s1. The van der Waals surface area contributed by atoms with Crippen molar-refractivity contribution in [3.05, 3.63) is 53.6 Å². The lowest BCUT2D eigenvalue weighted by molar-refractivity contribution is -0.132. The van der Waals surface area contributed by atoms with Crippen molar-refractivity contribution in [2.45, 2.75) is 31.9 Å². The smallest absolute Gasteiger partial charge is 0.227 e. The van der Waals surface area contributed by atoms with Crippen molar-refractivity contribution < 1.29 is 19.0 Å². The number of rotatable bonds is 7. The van der Waals surface area contributed by atoms with Crippen LogP contribution in [0.25, 0.3) is 0 Å². The van der Waals surface area contributed by atoms with E-state index in [-0.39, 0.29) is 12.0 Å². The van der Waals surface area contributed by atoms with Crippen LogP contribution in [0.5, 0.6) is 11.5 Å². The Labute approximate surface area is 178 Å². The second kappa shape index (κ2) is 9.39. The average Bonchev–Trinajstić information content (AvgIpc) is 3.27. The molecule has 30 heavy (non-hydrogen) atoms. The van der Waals surface area contributed by atoms with E-state index in [4.69, 9.17) is 14.2 Å². The molecule has 160 valence electrons. The minimum Gasteiger partial charge on any atom is -0.486 e. The number of nitrogens with zero attached hydrogens (tertiary/aromatic N) is 2. The van der Waals surface area contributed by atoms with Crippen molar-refractivity contribution >= 4 is 11.6 Å². The van der Waals surface area contributed by atoms with Crippen LogP contribution in [0.4, 0.5) is 5.69 Å². The van der Waals surface area contributed by atoms with Crippen molar-refractivity contribution in [1.29, 1.82) is 0 Å². The van der Waals surface area contributed by atoms with Crippen molar-refractivity contribution in [2.24, 2.45) is 0 Å². The molecule has 2 aromatic carbocycles. The largest absolute Gasteiger partial charge is 0.486 e. The predicted molar refractivity (Wildman–Crippen MR) is 116 cm³/mol. The molecule has 2 aliphatic rings. The molecule has 0 aliphatic carbocycles. The number of hydrogen-bond acceptors (Lipinski definition) is 5. The summed E-state index contributed by atoms with van der Waals surface area (Å²) in [6.45, 7) is 3.09. The molecule has 1 fully saturated rings. The Morgan fingerprint density at radius 2 is 1.70 bits per heavy atom. The van der Waals surface area contributed by atoms with Crippen LogP contribution >= 0.6 is 0 Å². The Balaban J connectivity index is 1.47. The van der Waals surface area contributed by atoms with Gasteiger partial charge in [0.1, 0.15) is 13.2 Å². The lowest BCUT2D eigenvalue weighted by atomic mass is 10.1. The van der Waals surface area contributed by atoms with Gasteiger partial charge < -0.3 is 24.0 Å². The minimum atomic E-state index is 0.0962. The van der Waals surface area contributed by atoms with Crippen LogP contribution in [0.15, 0.2) is 42.5 Å². The van der Waals surface area contributed by atoms with Crippen LogP contribution in [0, 0.1) is 0 Å². The van der Waals surface area contributed by atoms with Gasteiger partial charge in [-0.25, -0.2) is 0 Å². The lowest BCUT2D eigenvalue weighted by Gasteiger charge is -2.26. The number of carbonyl (C=O) groups excluding carboxylic acids is 1. The van der Waals surface area contributed by atoms with Crippen LogP contribution in [0.1, 0.15) is 24.0 Å². The van der Waals surface area contributed by atoms with E-state index in [2.05, 4.69) is 29.2 Å². The van der Waals surface area contributed by atoms with Gasteiger partial charge in [0.2, 0.25) is 5.91 Å². The maximum Gasteiger partial charge on any atom is 0.227 e. The fourth-order valence-electron chi connectivity index (χ4n) is 3.89. The molecule has 2 heterocycles. The summed E-state index contributed by atoms with van der Waals surface area (Å²) in [4.78, 5) is 17.2. The maximum absolute atomic E-state index is 13.2. The Kier molecular flexibility index (Phi) is 6.43. The third-order valence-electron chi connectivity index (χ3n) is 5.59. The topological polar surface area (TPSA) is 51.2 Å². The first kappa shape index (κ1) is 20.5. The average molecular weight is 411 g/mol. The number of ether oxygens (including phenoxy) is 3. The third kappa shape index (κ3) is 5.05. The van der Waals surface area contributed by atoms with E-state index in [1.807, 2.05) is 37.2 Å². The van der Waals surface area contributed by atoms with Crippen molar-refractivity contribution in [3.8, 4) is 11.5 Å². The van der Waals surface area contributed by atoms with Crippen LogP contribution in [0.3, 0.4) is 0 Å². The van der Waals surface area contributed by atoms with Gasteiger partial charge in [0.15, 0.2) is 11.5 Å². The second-order valence-corrected chi connectivity index (χ2v) is 8.12. The third-order valence-corrected chi connectivity index (χ3v) is 5.59. The minimum absolute atomic E-state index is 0.0962. The summed E-state index contributed by atoms with van der Waals surface area (Å²) in [7, 11) is 4.05. The van der Waals surface area contributed by atoms with Crippen LogP contribution in [-0.2, 0) is 22.5 Å². The summed E-state index contributed by atoms with van der Waals surface area (Å²) >= 11 is 0. The van der Waals surface area contributed by atoms with E-state index < -0.39 is 0 Å². The van der Waals surface area contributed by atoms with Gasteiger partial charge in [-0.2, -0.15) is 0 Å². The summed E-state index contributed by atoms with van der Waals surface area (Å²) in [5.41, 5.74) is 3.20. The summed E-state index contributed by atoms with van der Waals surface area (Å²) in [5, 5.41) is 0. The highest BCUT2D eigenvalue weighted by molar-refractivity contribution is 5.79. The van der Waals surface area contributed by atoms with Gasteiger partial charge in [0, 0.05) is 39.5 Å². The molecule has 2 aromatic rings. The van der Waals surface area contributed by atoms with Gasteiger partial charge in [-0.05, 0) is 48.2 Å². The number of benzene rings is 2. The summed E-state index contributed by atoms with van der Waals surface area (Å²) in [6.07, 6.45) is 2.52. The second-order valence-electron chi connectivity index (χ2n) is 8.12. The van der Waals surface area contributed by atoms with Gasteiger partial charge >= 0.3 is 0 Å². The molecule has 0 bridgehead atoms. The number of amides is 1. The number of carbonyl (C=O) groups is 1. The summed E-state index contributed by atoms with van der Waals surface area (Å²) in [6, 6.07) is 14.1. The van der Waals surface area contributed by atoms with Crippen LogP contribution < -0.4 is 14.4 Å². The molecule has 1 atom stereocenters. The van der Waals surface area contributed by atoms with E-state index in [0.717, 1.165) is 47.8 Å². The maximum atomic E-state index is 13.2. The highest BCUT2D eigenvalue weighted by Gasteiger charge is 2.23. The van der Waals surface area contributed by atoms with Crippen molar-refractivity contribution in [2.75, 3.05) is 45.4 Å². The fraction of sp³-hybridized carbons (Fsp3) is 0.458. The molecule has 0 spiro atoms. The quantitative estimate of drug-likeness (QED) is 0.701. The molecule has 6 heteroatoms. The molecular formula is C24H30N2O4. The fourth-order valence-corrected chi connectivity index (χ4v) is 3.89. The molecule has 0 saturated carbocycles. The first-order valence-electron chi connectivity index (χ1n) is 10.6. The van der Waals surface area contributed by atoms with Gasteiger partial charge in [-0.15, -0.1) is 0 Å². The Morgan fingerprint density at radius 3 is 2.40 bits per heavy atom. The molecule has 2 aliphatic heterocycles. The van der Waals surface area contributed by atoms with E-state index in [1.54, 1.807) is 0 Å². The number of fused-ring (bicyclic) bond motifs is 1. The molecule has 0 N–H and O–H groups in total. The molecule has 1 saturated heterocycles. The van der Waals surface area contributed by atoms with Crippen LogP contribution in [0.2, 0.25) is 0 Å². The van der Waals surface area contributed by atoms with E-state index in [1.165, 1.54) is 0 Å². The Hall–Kier alpha value is -2.73. The van der Waals surface area contributed by atoms with E-state index in [0.29, 0.717) is 32.7 Å². The highest BCUT2D eigenvalue weighted by atomic mass is 16.6. The zero-order valence-electron chi connectivity index (χ0n) is 17.8. The Morgan fingerprint density at radius 1 is 0.967 bits per heavy atom. The van der Waals surface area contributed by atoms with Gasteiger partial charge in [0.05, 0.1) is 12.5 Å².